The summed E-state index contributed by atoms with van der Waals surface area (Å²) in [7, 11) is 0. The second-order valence-electron chi connectivity index (χ2n) is 4.56. The molecule has 1 aliphatic heterocycles. The first-order chi connectivity index (χ1) is 9.56. The van der Waals surface area contributed by atoms with E-state index >= 15 is 0 Å². The molecule has 108 valence electrons. The lowest BCUT2D eigenvalue weighted by Gasteiger charge is -2.41. The van der Waals surface area contributed by atoms with Gasteiger partial charge in [-0.1, -0.05) is 11.3 Å². The molecule has 0 atom stereocenters. The average molecular weight is 279 g/mol. The van der Waals surface area contributed by atoms with Gasteiger partial charge in [0, 0.05) is 26.2 Å². The number of likely N-dealkylation sites (N-methyl/N-ethyl adjacent to an activating group) is 1. The summed E-state index contributed by atoms with van der Waals surface area (Å²) in [6.07, 6.45) is 3.07. The van der Waals surface area contributed by atoms with E-state index in [4.69, 9.17) is 5.11 Å². The molecule has 1 fully saturated rings. The van der Waals surface area contributed by atoms with Crippen LogP contribution in [-0.4, -0.2) is 68.1 Å². The summed E-state index contributed by atoms with van der Waals surface area (Å²) < 4.78 is 1.50. The quantitative estimate of drug-likeness (QED) is 0.791. The van der Waals surface area contributed by atoms with Gasteiger partial charge >= 0.3 is 12.0 Å². The number of hydrogen-bond acceptors (Lipinski definition) is 4. The number of amides is 2. The first-order valence-corrected chi connectivity index (χ1v) is 6.36. The van der Waals surface area contributed by atoms with Crippen LogP contribution < -0.4 is 0 Å². The van der Waals surface area contributed by atoms with Crippen molar-refractivity contribution in [2.45, 2.75) is 13.0 Å². The highest BCUT2D eigenvalue weighted by molar-refractivity contribution is 5.84. The lowest BCUT2D eigenvalue weighted by molar-refractivity contribution is 0.0689. The van der Waals surface area contributed by atoms with Crippen molar-refractivity contribution in [1.29, 1.82) is 0 Å². The number of likely N-dealkylation sites (tertiary alicyclic amines) is 1. The lowest BCUT2D eigenvalue weighted by Crippen LogP contribution is -2.55. The number of carbonyl (C=O) groups excluding carboxylic acids is 1. The van der Waals surface area contributed by atoms with Crippen molar-refractivity contribution in [2.24, 2.45) is 0 Å². The van der Waals surface area contributed by atoms with Crippen molar-refractivity contribution in [3.8, 4) is 0 Å². The number of carbonyl (C=O) groups is 2. The van der Waals surface area contributed by atoms with E-state index < -0.39 is 5.97 Å². The highest BCUT2D eigenvalue weighted by Crippen LogP contribution is 2.21. The molecule has 0 saturated carbocycles. The maximum absolute atomic E-state index is 12.1. The van der Waals surface area contributed by atoms with Crippen molar-refractivity contribution in [3.05, 3.63) is 24.5 Å². The molecular formula is C12H17N5O3. The summed E-state index contributed by atoms with van der Waals surface area (Å²) >= 11 is 0. The summed E-state index contributed by atoms with van der Waals surface area (Å²) in [6.45, 7) is 7.70. The minimum absolute atomic E-state index is 0.0120. The van der Waals surface area contributed by atoms with E-state index in [1.54, 1.807) is 15.9 Å². The molecule has 1 aromatic heterocycles. The molecule has 1 aromatic rings. The molecule has 2 amide bonds. The second-order valence-corrected chi connectivity index (χ2v) is 4.56. The van der Waals surface area contributed by atoms with Crippen LogP contribution in [0, 0.1) is 0 Å². The summed E-state index contributed by atoms with van der Waals surface area (Å²) in [5.74, 6) is -1.10. The Balaban J connectivity index is 1.91. The molecule has 2 rings (SSSR count). The minimum atomic E-state index is -1.10. The van der Waals surface area contributed by atoms with Crippen LogP contribution in [-0.2, 0) is 0 Å². The molecule has 0 aliphatic carbocycles. The van der Waals surface area contributed by atoms with Crippen LogP contribution in [0.5, 0.6) is 0 Å². The van der Waals surface area contributed by atoms with E-state index in [0.29, 0.717) is 26.2 Å². The Labute approximate surface area is 116 Å². The SMILES string of the molecule is C=CCN(CC)C(=O)N1CC(n2cc(C(=O)O)nn2)C1. The molecule has 0 radical (unpaired) electrons. The van der Waals surface area contributed by atoms with Gasteiger partial charge in [-0.3, -0.25) is 0 Å². The van der Waals surface area contributed by atoms with Gasteiger partial charge in [-0.05, 0) is 6.92 Å². The number of hydrogen-bond donors (Lipinski definition) is 1. The van der Waals surface area contributed by atoms with Crippen LogP contribution in [0.25, 0.3) is 0 Å². The van der Waals surface area contributed by atoms with Gasteiger partial charge in [0.2, 0.25) is 0 Å². The molecule has 1 saturated heterocycles. The first-order valence-electron chi connectivity index (χ1n) is 6.36. The summed E-state index contributed by atoms with van der Waals surface area (Å²) in [4.78, 5) is 26.2. The molecular weight excluding hydrogens is 262 g/mol. The molecule has 1 aliphatic rings. The molecule has 8 heteroatoms. The zero-order chi connectivity index (χ0) is 14.7. The fraction of sp³-hybridized carbons (Fsp3) is 0.500. The fourth-order valence-electron chi connectivity index (χ4n) is 2.03. The zero-order valence-corrected chi connectivity index (χ0v) is 11.3. The normalized spacial score (nSPS) is 14.8. The highest BCUT2D eigenvalue weighted by Gasteiger charge is 2.34. The number of carboxylic acid groups (broad SMARTS) is 1. The molecule has 0 unspecified atom stereocenters. The van der Waals surface area contributed by atoms with E-state index in [9.17, 15) is 9.59 Å². The third kappa shape index (κ3) is 2.63. The van der Waals surface area contributed by atoms with Crippen LogP contribution in [0.2, 0.25) is 0 Å². The molecule has 0 spiro atoms. The van der Waals surface area contributed by atoms with Crippen LogP contribution in [0.15, 0.2) is 18.9 Å². The monoisotopic (exact) mass is 279 g/mol. The van der Waals surface area contributed by atoms with Crippen LogP contribution in [0.1, 0.15) is 23.5 Å². The Kier molecular flexibility index (Phi) is 4.02. The summed E-state index contributed by atoms with van der Waals surface area (Å²) in [5, 5.41) is 16.1. The van der Waals surface area contributed by atoms with Gasteiger partial charge in [0.25, 0.3) is 0 Å². The van der Waals surface area contributed by atoms with E-state index in [0.717, 1.165) is 0 Å². The van der Waals surface area contributed by atoms with Crippen molar-refractivity contribution in [2.75, 3.05) is 26.2 Å². The van der Waals surface area contributed by atoms with Crippen molar-refractivity contribution in [3.63, 3.8) is 0 Å². The summed E-state index contributed by atoms with van der Waals surface area (Å²) in [5.41, 5.74) is -0.0865. The summed E-state index contributed by atoms with van der Waals surface area (Å²) in [6, 6.07) is -0.0517. The van der Waals surface area contributed by atoms with Crippen LogP contribution in [0.3, 0.4) is 0 Å². The third-order valence-electron chi connectivity index (χ3n) is 3.24. The Morgan fingerprint density at radius 1 is 1.60 bits per heavy atom. The fourth-order valence-corrected chi connectivity index (χ4v) is 2.03. The average Bonchev–Trinajstić information content (AvgIpc) is 2.83. The van der Waals surface area contributed by atoms with Gasteiger partial charge in [-0.25, -0.2) is 14.3 Å². The lowest BCUT2D eigenvalue weighted by atomic mass is 10.1. The first kappa shape index (κ1) is 14.0. The van der Waals surface area contributed by atoms with Gasteiger partial charge < -0.3 is 14.9 Å². The predicted molar refractivity (Wildman–Crippen MR) is 70.4 cm³/mol. The number of nitrogens with zero attached hydrogens (tertiary/aromatic N) is 5. The minimum Gasteiger partial charge on any atom is -0.476 e. The number of aromatic nitrogens is 3. The van der Waals surface area contributed by atoms with Crippen molar-refractivity contribution >= 4 is 12.0 Å². The van der Waals surface area contributed by atoms with Crippen LogP contribution >= 0.6 is 0 Å². The molecule has 0 aromatic carbocycles. The molecule has 8 nitrogen and oxygen atoms in total. The van der Waals surface area contributed by atoms with Gasteiger partial charge in [-0.15, -0.1) is 11.7 Å². The van der Waals surface area contributed by atoms with E-state index in [2.05, 4.69) is 16.9 Å². The van der Waals surface area contributed by atoms with Gasteiger partial charge in [0.1, 0.15) is 0 Å². The molecule has 2 heterocycles. The van der Waals surface area contributed by atoms with Crippen LogP contribution in [0.4, 0.5) is 4.79 Å². The maximum Gasteiger partial charge on any atom is 0.358 e. The van der Waals surface area contributed by atoms with Crippen molar-refractivity contribution in [1.82, 2.24) is 24.8 Å². The molecule has 0 bridgehead atoms. The number of urea groups is 1. The zero-order valence-electron chi connectivity index (χ0n) is 11.3. The standard InChI is InChI=1S/C12H17N5O3/c1-3-5-15(4-2)12(20)16-6-9(7-16)17-8-10(11(18)19)13-14-17/h3,8-9H,1,4-7H2,2H3,(H,18,19). The van der Waals surface area contributed by atoms with Gasteiger partial charge in [0.15, 0.2) is 5.69 Å². The number of aromatic carboxylic acids is 1. The Bertz CT molecular complexity index is 521. The highest BCUT2D eigenvalue weighted by atomic mass is 16.4. The number of rotatable bonds is 5. The van der Waals surface area contributed by atoms with Gasteiger partial charge in [0.05, 0.1) is 12.2 Å². The maximum atomic E-state index is 12.1. The second kappa shape index (κ2) is 5.72. The van der Waals surface area contributed by atoms with E-state index in [1.165, 1.54) is 10.9 Å². The van der Waals surface area contributed by atoms with E-state index in [-0.39, 0.29) is 17.8 Å². The third-order valence-corrected chi connectivity index (χ3v) is 3.24. The molecule has 20 heavy (non-hydrogen) atoms. The Hall–Kier alpha value is -2.38. The Morgan fingerprint density at radius 2 is 2.30 bits per heavy atom. The van der Waals surface area contributed by atoms with Crippen molar-refractivity contribution < 1.29 is 14.7 Å². The predicted octanol–water partition coefficient (Wildman–Crippen LogP) is 0.461. The largest absolute Gasteiger partial charge is 0.476 e. The smallest absolute Gasteiger partial charge is 0.358 e. The number of carboxylic acids is 1. The topological polar surface area (TPSA) is 91.6 Å². The van der Waals surface area contributed by atoms with E-state index in [1.807, 2.05) is 6.92 Å². The Morgan fingerprint density at radius 3 is 2.80 bits per heavy atom. The van der Waals surface area contributed by atoms with Gasteiger partial charge in [-0.2, -0.15) is 0 Å². The molecule has 1 N–H and O–H groups in total.